The molecule has 0 unspecified atom stereocenters. The minimum absolute atomic E-state index is 0.0204. The van der Waals surface area contributed by atoms with Crippen molar-refractivity contribution in [2.45, 2.75) is 50.5 Å². The zero-order valence-electron chi connectivity index (χ0n) is 16.8. The fraction of sp³-hybridized carbons (Fsp3) is 0.591. The van der Waals surface area contributed by atoms with Crippen molar-refractivity contribution in [3.8, 4) is 6.07 Å². The standard InChI is InChI=1S/C22H29N3O3/c1-24(20-9-7-19(8-10-20)21(26)28-2)22(27)25-13-11-18(12-14-25)17-5-3-16(15-23)4-6-17/h3-6,18-20H,7-14H2,1-2H3/t19-,20-. The van der Waals surface area contributed by atoms with Gasteiger partial charge in [0.15, 0.2) is 0 Å². The van der Waals surface area contributed by atoms with Crippen LogP contribution in [-0.4, -0.2) is 55.1 Å². The number of hydrogen-bond acceptors (Lipinski definition) is 4. The van der Waals surface area contributed by atoms with Gasteiger partial charge in [-0.1, -0.05) is 12.1 Å². The van der Waals surface area contributed by atoms with Gasteiger partial charge in [0.25, 0.3) is 0 Å². The molecule has 0 atom stereocenters. The number of rotatable bonds is 3. The topological polar surface area (TPSA) is 73.6 Å². The fourth-order valence-electron chi connectivity index (χ4n) is 4.48. The molecule has 0 radical (unpaired) electrons. The maximum absolute atomic E-state index is 12.9. The Morgan fingerprint density at radius 1 is 1.07 bits per heavy atom. The molecule has 6 heteroatoms. The first kappa shape index (κ1) is 20.2. The predicted molar refractivity (Wildman–Crippen MR) is 106 cm³/mol. The summed E-state index contributed by atoms with van der Waals surface area (Å²) >= 11 is 0. The van der Waals surface area contributed by atoms with E-state index in [0.29, 0.717) is 11.5 Å². The van der Waals surface area contributed by atoms with Gasteiger partial charge >= 0.3 is 12.0 Å². The Bertz CT molecular complexity index is 724. The maximum Gasteiger partial charge on any atom is 0.319 e. The van der Waals surface area contributed by atoms with Gasteiger partial charge < -0.3 is 14.5 Å². The minimum atomic E-state index is -0.127. The van der Waals surface area contributed by atoms with Crippen LogP contribution in [0.1, 0.15) is 55.6 Å². The van der Waals surface area contributed by atoms with E-state index in [2.05, 4.69) is 6.07 Å². The Morgan fingerprint density at radius 2 is 1.68 bits per heavy atom. The third kappa shape index (κ3) is 4.46. The second kappa shape index (κ2) is 9.09. The molecule has 1 aliphatic carbocycles. The number of hydrogen-bond donors (Lipinski definition) is 0. The molecule has 28 heavy (non-hydrogen) atoms. The summed E-state index contributed by atoms with van der Waals surface area (Å²) in [5.41, 5.74) is 1.93. The van der Waals surface area contributed by atoms with E-state index in [1.54, 1.807) is 0 Å². The van der Waals surface area contributed by atoms with Gasteiger partial charge in [-0.15, -0.1) is 0 Å². The molecule has 150 valence electrons. The van der Waals surface area contributed by atoms with E-state index < -0.39 is 0 Å². The van der Waals surface area contributed by atoms with Crippen LogP contribution in [0.3, 0.4) is 0 Å². The summed E-state index contributed by atoms with van der Waals surface area (Å²) in [7, 11) is 3.32. The first-order valence-electron chi connectivity index (χ1n) is 10.1. The van der Waals surface area contributed by atoms with Gasteiger partial charge in [-0.05, 0) is 62.1 Å². The Morgan fingerprint density at radius 3 is 2.21 bits per heavy atom. The SMILES string of the molecule is COC(=O)[C@H]1CC[C@H](N(C)C(=O)N2CCC(c3ccc(C#N)cc3)CC2)CC1. The number of nitriles is 1. The lowest BCUT2D eigenvalue weighted by Crippen LogP contribution is -2.49. The molecule has 2 amide bonds. The Balaban J connectivity index is 1.49. The van der Waals surface area contributed by atoms with Crippen molar-refractivity contribution in [3.05, 3.63) is 35.4 Å². The summed E-state index contributed by atoms with van der Waals surface area (Å²) < 4.78 is 4.84. The molecule has 1 aromatic rings. The van der Waals surface area contributed by atoms with Crippen molar-refractivity contribution in [1.29, 1.82) is 5.26 Å². The largest absolute Gasteiger partial charge is 0.469 e. The van der Waals surface area contributed by atoms with Gasteiger partial charge in [0, 0.05) is 26.2 Å². The number of ether oxygens (including phenoxy) is 1. The highest BCUT2D eigenvalue weighted by atomic mass is 16.5. The second-order valence-corrected chi connectivity index (χ2v) is 7.92. The Labute approximate surface area is 167 Å². The van der Waals surface area contributed by atoms with Crippen molar-refractivity contribution in [2.75, 3.05) is 27.2 Å². The number of amides is 2. The molecular formula is C22H29N3O3. The Hall–Kier alpha value is -2.55. The van der Waals surface area contributed by atoms with Crippen LogP contribution >= 0.6 is 0 Å². The van der Waals surface area contributed by atoms with Crippen molar-refractivity contribution < 1.29 is 14.3 Å². The number of benzene rings is 1. The van der Waals surface area contributed by atoms with Crippen molar-refractivity contribution in [1.82, 2.24) is 9.80 Å². The predicted octanol–water partition coefficient (Wildman–Crippen LogP) is 3.52. The number of piperidine rings is 1. The number of esters is 1. The zero-order chi connectivity index (χ0) is 20.1. The summed E-state index contributed by atoms with van der Waals surface area (Å²) in [6.45, 7) is 1.51. The van der Waals surface area contributed by atoms with Crippen LogP contribution in [0.15, 0.2) is 24.3 Å². The fourth-order valence-corrected chi connectivity index (χ4v) is 4.48. The number of carbonyl (C=O) groups excluding carboxylic acids is 2. The molecule has 2 fully saturated rings. The number of methoxy groups -OCH3 is 1. The molecule has 0 spiro atoms. The molecule has 1 aliphatic heterocycles. The summed E-state index contributed by atoms with van der Waals surface area (Å²) in [5, 5.41) is 8.93. The molecule has 1 saturated carbocycles. The highest BCUT2D eigenvalue weighted by Crippen LogP contribution is 2.31. The molecule has 2 aliphatic rings. The van der Waals surface area contributed by atoms with Gasteiger partial charge in [-0.25, -0.2) is 4.79 Å². The average Bonchev–Trinajstić information content (AvgIpc) is 2.78. The van der Waals surface area contributed by atoms with Crippen LogP contribution in [0, 0.1) is 17.2 Å². The lowest BCUT2D eigenvalue weighted by molar-refractivity contribution is -0.146. The molecule has 1 saturated heterocycles. The van der Waals surface area contributed by atoms with E-state index in [4.69, 9.17) is 10.00 Å². The quantitative estimate of drug-likeness (QED) is 0.749. The van der Waals surface area contributed by atoms with Gasteiger partial charge in [0.05, 0.1) is 24.7 Å². The zero-order valence-corrected chi connectivity index (χ0v) is 16.8. The van der Waals surface area contributed by atoms with E-state index in [-0.39, 0.29) is 24.0 Å². The summed E-state index contributed by atoms with van der Waals surface area (Å²) in [6, 6.07) is 10.2. The highest BCUT2D eigenvalue weighted by molar-refractivity contribution is 5.75. The first-order valence-corrected chi connectivity index (χ1v) is 10.1. The average molecular weight is 383 g/mol. The smallest absolute Gasteiger partial charge is 0.319 e. The van der Waals surface area contributed by atoms with Crippen LogP contribution in [0.25, 0.3) is 0 Å². The van der Waals surface area contributed by atoms with E-state index in [0.717, 1.165) is 51.6 Å². The van der Waals surface area contributed by atoms with Gasteiger partial charge in [0.2, 0.25) is 0 Å². The minimum Gasteiger partial charge on any atom is -0.469 e. The normalized spacial score (nSPS) is 23.0. The molecule has 0 aromatic heterocycles. The second-order valence-electron chi connectivity index (χ2n) is 7.92. The van der Waals surface area contributed by atoms with Crippen LogP contribution in [-0.2, 0) is 9.53 Å². The van der Waals surface area contributed by atoms with Crippen LogP contribution in [0.4, 0.5) is 4.79 Å². The molecule has 1 aromatic carbocycles. The number of likely N-dealkylation sites (tertiary alicyclic amines) is 1. The third-order valence-electron chi connectivity index (χ3n) is 6.36. The van der Waals surface area contributed by atoms with Crippen molar-refractivity contribution in [2.24, 2.45) is 5.92 Å². The molecule has 0 bridgehead atoms. The van der Waals surface area contributed by atoms with Gasteiger partial charge in [-0.3, -0.25) is 4.79 Å². The monoisotopic (exact) mass is 383 g/mol. The Kier molecular flexibility index (Phi) is 6.56. The third-order valence-corrected chi connectivity index (χ3v) is 6.36. The lowest BCUT2D eigenvalue weighted by Gasteiger charge is -2.39. The van der Waals surface area contributed by atoms with Crippen LogP contribution in [0.2, 0.25) is 0 Å². The van der Waals surface area contributed by atoms with E-state index in [9.17, 15) is 9.59 Å². The van der Waals surface area contributed by atoms with E-state index in [1.165, 1.54) is 12.7 Å². The lowest BCUT2D eigenvalue weighted by atomic mass is 9.85. The number of urea groups is 1. The van der Waals surface area contributed by atoms with Gasteiger partial charge in [0.1, 0.15) is 0 Å². The van der Waals surface area contributed by atoms with Crippen molar-refractivity contribution >= 4 is 12.0 Å². The van der Waals surface area contributed by atoms with E-state index in [1.807, 2.05) is 41.1 Å². The molecule has 0 N–H and O–H groups in total. The highest BCUT2D eigenvalue weighted by Gasteiger charge is 2.33. The van der Waals surface area contributed by atoms with Crippen LogP contribution < -0.4 is 0 Å². The first-order chi connectivity index (χ1) is 13.5. The van der Waals surface area contributed by atoms with Crippen molar-refractivity contribution in [3.63, 3.8) is 0 Å². The molecule has 6 nitrogen and oxygen atoms in total. The van der Waals surface area contributed by atoms with E-state index >= 15 is 0 Å². The van der Waals surface area contributed by atoms with Crippen LogP contribution in [0.5, 0.6) is 0 Å². The number of nitrogens with zero attached hydrogens (tertiary/aromatic N) is 3. The molecular weight excluding hydrogens is 354 g/mol. The summed E-state index contributed by atoms with van der Waals surface area (Å²) in [5.74, 6) is 0.294. The summed E-state index contributed by atoms with van der Waals surface area (Å²) in [6.07, 6.45) is 5.17. The van der Waals surface area contributed by atoms with Gasteiger partial charge in [-0.2, -0.15) is 5.26 Å². The molecule has 1 heterocycles. The number of carbonyl (C=O) groups is 2. The molecule has 3 rings (SSSR count). The summed E-state index contributed by atoms with van der Waals surface area (Å²) in [4.78, 5) is 28.4. The maximum atomic E-state index is 12.9.